The van der Waals surface area contributed by atoms with E-state index >= 15 is 0 Å². The molecule has 0 heterocycles. The number of hydrogen-bond acceptors (Lipinski definition) is 8. The SMILES string of the molecule is O=C(NCCCCCCNC(=O)NS(=O)(=O)c1cccc(O)c1)NS(=O)(=O)c1cccc(O)c1. The zero-order chi connectivity index (χ0) is 25.2. The molecule has 0 saturated heterocycles. The number of nitrogens with one attached hydrogen (secondary N) is 4. The van der Waals surface area contributed by atoms with Gasteiger partial charge in [-0.15, -0.1) is 0 Å². The highest BCUT2D eigenvalue weighted by molar-refractivity contribution is 7.90. The van der Waals surface area contributed by atoms with Crippen molar-refractivity contribution < 1.29 is 36.6 Å². The van der Waals surface area contributed by atoms with Crippen LogP contribution in [0.3, 0.4) is 0 Å². The number of urea groups is 2. The number of unbranched alkanes of at least 4 members (excludes halogenated alkanes) is 3. The second kappa shape index (κ2) is 12.1. The zero-order valence-electron chi connectivity index (χ0n) is 18.0. The van der Waals surface area contributed by atoms with E-state index in [0.29, 0.717) is 25.7 Å². The number of phenolic OH excluding ortho intramolecular Hbond substituents is 2. The van der Waals surface area contributed by atoms with Gasteiger partial charge < -0.3 is 20.8 Å². The molecule has 0 saturated carbocycles. The summed E-state index contributed by atoms with van der Waals surface area (Å²) in [4.78, 5) is 23.1. The van der Waals surface area contributed by atoms with Crippen molar-refractivity contribution in [3.63, 3.8) is 0 Å². The summed E-state index contributed by atoms with van der Waals surface area (Å²) in [6.07, 6.45) is 2.45. The molecule has 0 aliphatic carbocycles. The topological polar surface area (TPSA) is 191 Å². The van der Waals surface area contributed by atoms with Crippen LogP contribution in [0.5, 0.6) is 11.5 Å². The van der Waals surface area contributed by atoms with Crippen LogP contribution in [-0.4, -0.2) is 52.2 Å². The first-order chi connectivity index (χ1) is 16.0. The Bertz CT molecular complexity index is 1120. The molecule has 0 bridgehead atoms. The van der Waals surface area contributed by atoms with E-state index in [1.54, 1.807) is 0 Å². The van der Waals surface area contributed by atoms with Gasteiger partial charge >= 0.3 is 12.1 Å². The molecule has 2 aromatic rings. The Morgan fingerprint density at radius 1 is 0.647 bits per heavy atom. The molecule has 2 aromatic carbocycles. The summed E-state index contributed by atoms with van der Waals surface area (Å²) in [5.41, 5.74) is 0. The molecule has 14 heteroatoms. The van der Waals surface area contributed by atoms with Crippen LogP contribution in [0.15, 0.2) is 58.3 Å². The summed E-state index contributed by atoms with van der Waals surface area (Å²) < 4.78 is 52.0. The lowest BCUT2D eigenvalue weighted by molar-refractivity contribution is 0.244. The van der Waals surface area contributed by atoms with E-state index in [1.165, 1.54) is 36.4 Å². The second-order valence-corrected chi connectivity index (χ2v) is 10.5. The third kappa shape index (κ3) is 8.78. The van der Waals surface area contributed by atoms with E-state index in [1.807, 2.05) is 9.44 Å². The maximum atomic E-state index is 12.1. The largest absolute Gasteiger partial charge is 0.508 e. The van der Waals surface area contributed by atoms with Crippen molar-refractivity contribution in [2.24, 2.45) is 0 Å². The fourth-order valence-electron chi connectivity index (χ4n) is 2.74. The number of phenols is 2. The van der Waals surface area contributed by atoms with E-state index in [4.69, 9.17) is 0 Å². The van der Waals surface area contributed by atoms with Crippen molar-refractivity contribution in [2.75, 3.05) is 13.1 Å². The number of carbonyl (C=O) groups excluding carboxylic acids is 2. The van der Waals surface area contributed by atoms with Crippen LogP contribution in [-0.2, 0) is 20.0 Å². The van der Waals surface area contributed by atoms with Crippen LogP contribution in [0.1, 0.15) is 25.7 Å². The van der Waals surface area contributed by atoms with Gasteiger partial charge in [0.05, 0.1) is 9.79 Å². The fourth-order valence-corrected chi connectivity index (χ4v) is 4.68. The summed E-state index contributed by atoms with van der Waals surface area (Å²) in [6, 6.07) is 8.03. The lowest BCUT2D eigenvalue weighted by Gasteiger charge is -2.10. The first-order valence-corrected chi connectivity index (χ1v) is 13.2. The molecule has 0 aliphatic heterocycles. The summed E-state index contributed by atoms with van der Waals surface area (Å²) in [6.45, 7) is 0.439. The standard InChI is InChI=1S/C20H26N4O8S2/c25-15-7-5-9-17(13-15)33(29,30)23-19(27)21-11-3-1-2-4-12-22-20(28)24-34(31,32)18-10-6-8-16(26)14-18/h5-10,13-14,25-26H,1-4,11-12H2,(H2,21,23,27)(H2,22,24,28). The van der Waals surface area contributed by atoms with E-state index in [2.05, 4.69) is 10.6 Å². The van der Waals surface area contributed by atoms with Crippen molar-refractivity contribution in [1.82, 2.24) is 20.1 Å². The molecule has 0 aromatic heterocycles. The molecule has 6 N–H and O–H groups in total. The van der Waals surface area contributed by atoms with Gasteiger partial charge in [0.1, 0.15) is 11.5 Å². The van der Waals surface area contributed by atoms with Crippen LogP contribution in [0.2, 0.25) is 0 Å². The van der Waals surface area contributed by atoms with Gasteiger partial charge in [0, 0.05) is 25.2 Å². The van der Waals surface area contributed by atoms with Crippen LogP contribution < -0.4 is 20.1 Å². The third-order valence-electron chi connectivity index (χ3n) is 4.38. The maximum Gasteiger partial charge on any atom is 0.328 e. The van der Waals surface area contributed by atoms with E-state index in [9.17, 15) is 36.6 Å². The van der Waals surface area contributed by atoms with Crippen LogP contribution in [0, 0.1) is 0 Å². The van der Waals surface area contributed by atoms with Gasteiger partial charge in [-0.25, -0.2) is 35.9 Å². The smallest absolute Gasteiger partial charge is 0.328 e. The number of hydrogen-bond donors (Lipinski definition) is 6. The fraction of sp³-hybridized carbons (Fsp3) is 0.300. The number of sulfonamides is 2. The van der Waals surface area contributed by atoms with E-state index < -0.39 is 32.1 Å². The minimum atomic E-state index is -4.10. The highest BCUT2D eigenvalue weighted by atomic mass is 32.2. The summed E-state index contributed by atoms with van der Waals surface area (Å²) >= 11 is 0. The van der Waals surface area contributed by atoms with Crippen molar-refractivity contribution in [1.29, 1.82) is 0 Å². The molecule has 0 unspecified atom stereocenters. The Morgan fingerprint density at radius 3 is 1.38 bits per heavy atom. The van der Waals surface area contributed by atoms with E-state index in [0.717, 1.165) is 12.1 Å². The highest BCUT2D eigenvalue weighted by Crippen LogP contribution is 2.16. The lowest BCUT2D eigenvalue weighted by atomic mass is 10.2. The number of aromatic hydroxyl groups is 2. The quantitative estimate of drug-likeness (QED) is 0.242. The van der Waals surface area contributed by atoms with Gasteiger partial charge in [-0.05, 0) is 37.1 Å². The van der Waals surface area contributed by atoms with Crippen molar-refractivity contribution in [3.8, 4) is 11.5 Å². The van der Waals surface area contributed by atoms with Crippen molar-refractivity contribution in [2.45, 2.75) is 35.5 Å². The molecule has 0 radical (unpaired) electrons. The Balaban J connectivity index is 1.58. The van der Waals surface area contributed by atoms with Gasteiger partial charge in [-0.3, -0.25) is 0 Å². The van der Waals surface area contributed by atoms with Crippen LogP contribution >= 0.6 is 0 Å². The van der Waals surface area contributed by atoms with E-state index in [-0.39, 0.29) is 34.4 Å². The van der Waals surface area contributed by atoms with Crippen LogP contribution in [0.4, 0.5) is 9.59 Å². The molecule has 12 nitrogen and oxygen atoms in total. The van der Waals surface area contributed by atoms with Gasteiger partial charge in [-0.2, -0.15) is 0 Å². The highest BCUT2D eigenvalue weighted by Gasteiger charge is 2.18. The van der Waals surface area contributed by atoms with Gasteiger partial charge in [0.2, 0.25) is 0 Å². The molecule has 4 amide bonds. The molecule has 0 atom stereocenters. The summed E-state index contributed by atoms with van der Waals surface area (Å²) in [5, 5.41) is 23.6. The van der Waals surface area contributed by atoms with Crippen LogP contribution in [0.25, 0.3) is 0 Å². The molecule has 186 valence electrons. The number of benzene rings is 2. The lowest BCUT2D eigenvalue weighted by Crippen LogP contribution is -2.40. The Labute approximate surface area is 197 Å². The van der Waals surface area contributed by atoms with Crippen molar-refractivity contribution >= 4 is 32.1 Å². The molecule has 0 fully saturated rings. The minimum absolute atomic E-state index is 0.220. The average Bonchev–Trinajstić information content (AvgIpc) is 2.75. The van der Waals surface area contributed by atoms with Gasteiger partial charge in [0.25, 0.3) is 20.0 Å². The Hall–Kier alpha value is -3.52. The summed E-state index contributed by atoms with van der Waals surface area (Å²) in [5.74, 6) is -0.485. The van der Waals surface area contributed by atoms with Gasteiger partial charge in [0.15, 0.2) is 0 Å². The second-order valence-electron chi connectivity index (χ2n) is 7.13. The number of amides is 4. The average molecular weight is 515 g/mol. The molecular weight excluding hydrogens is 488 g/mol. The predicted molar refractivity (Wildman–Crippen MR) is 122 cm³/mol. The molecular formula is C20H26N4O8S2. The third-order valence-corrected chi connectivity index (χ3v) is 7.04. The molecule has 34 heavy (non-hydrogen) atoms. The summed E-state index contributed by atoms with van der Waals surface area (Å²) in [7, 11) is -8.20. The first-order valence-electron chi connectivity index (χ1n) is 10.2. The minimum Gasteiger partial charge on any atom is -0.508 e. The maximum absolute atomic E-state index is 12.1. The first kappa shape index (κ1) is 26.7. The Kier molecular flexibility index (Phi) is 9.50. The monoisotopic (exact) mass is 514 g/mol. The molecule has 0 aliphatic rings. The molecule has 2 rings (SSSR count). The van der Waals surface area contributed by atoms with Crippen molar-refractivity contribution in [3.05, 3.63) is 48.5 Å². The predicted octanol–water partition coefficient (Wildman–Crippen LogP) is 1.33. The Morgan fingerprint density at radius 2 is 1.03 bits per heavy atom. The number of rotatable bonds is 11. The van der Waals surface area contributed by atoms with Gasteiger partial charge in [-0.1, -0.05) is 25.0 Å². The number of carbonyl (C=O) groups is 2. The molecule has 0 spiro atoms. The zero-order valence-corrected chi connectivity index (χ0v) is 19.7. The normalized spacial score (nSPS) is 11.4.